The van der Waals surface area contributed by atoms with Crippen molar-refractivity contribution >= 4 is 0 Å². The van der Waals surface area contributed by atoms with Crippen LogP contribution >= 0.6 is 0 Å². The smallest absolute Gasteiger partial charge is 0.285 e. The van der Waals surface area contributed by atoms with E-state index in [1.54, 1.807) is 0 Å². The van der Waals surface area contributed by atoms with Crippen molar-refractivity contribution in [2.24, 2.45) is 11.1 Å². The second-order valence-electron chi connectivity index (χ2n) is 6.15. The van der Waals surface area contributed by atoms with Gasteiger partial charge in [-0.1, -0.05) is 50.6 Å². The van der Waals surface area contributed by atoms with Crippen molar-refractivity contribution in [3.8, 4) is 0 Å². The fourth-order valence-corrected chi connectivity index (χ4v) is 3.15. The molecule has 144 valence electrons. The van der Waals surface area contributed by atoms with Crippen LogP contribution in [-0.4, -0.2) is 32.3 Å². The zero-order valence-corrected chi connectivity index (χ0v) is 16.3. The highest BCUT2D eigenvalue weighted by atomic mass is 16.9. The van der Waals surface area contributed by atoms with Gasteiger partial charge in [0.25, 0.3) is 5.97 Å². The molecule has 0 aromatic carbocycles. The Hall–Kier alpha value is -0.520. The normalized spacial score (nSPS) is 13.2. The van der Waals surface area contributed by atoms with E-state index in [9.17, 15) is 4.91 Å². The Morgan fingerprint density at radius 1 is 0.750 bits per heavy atom. The van der Waals surface area contributed by atoms with E-state index < -0.39 is 5.97 Å². The second-order valence-corrected chi connectivity index (χ2v) is 6.15. The molecule has 0 heterocycles. The van der Waals surface area contributed by atoms with Crippen molar-refractivity contribution in [1.29, 1.82) is 0 Å². The lowest BCUT2D eigenvalue weighted by molar-refractivity contribution is -0.403. The minimum atomic E-state index is -0.982. The Morgan fingerprint density at radius 2 is 1.25 bits per heavy atom. The fraction of sp³-hybridized carbons (Fsp3) is 1.00. The highest BCUT2D eigenvalue weighted by molar-refractivity contribution is 4.73. The van der Waals surface area contributed by atoms with Gasteiger partial charge in [0.2, 0.25) is 0 Å². The highest BCUT2D eigenvalue weighted by Gasteiger charge is 2.41. The van der Waals surface area contributed by atoms with Crippen molar-refractivity contribution in [3.63, 3.8) is 0 Å². The van der Waals surface area contributed by atoms with Crippen molar-refractivity contribution in [2.45, 2.75) is 91.5 Å². The van der Waals surface area contributed by atoms with E-state index in [0.717, 1.165) is 25.7 Å². The van der Waals surface area contributed by atoms with E-state index in [0.29, 0.717) is 26.4 Å². The van der Waals surface area contributed by atoms with E-state index >= 15 is 0 Å². The first-order valence-corrected chi connectivity index (χ1v) is 9.91. The van der Waals surface area contributed by atoms with Crippen LogP contribution in [0.1, 0.15) is 85.5 Å². The lowest BCUT2D eigenvalue weighted by Gasteiger charge is -2.39. The van der Waals surface area contributed by atoms with Gasteiger partial charge in [-0.25, -0.2) is 0 Å². The molecule has 0 saturated heterocycles. The predicted octanol–water partition coefficient (Wildman–Crippen LogP) is 5.66. The van der Waals surface area contributed by atoms with E-state index in [-0.39, 0.29) is 5.92 Å². The first-order chi connectivity index (χ1) is 11.7. The Kier molecular flexibility index (Phi) is 15.6. The molecule has 0 N–H and O–H groups in total. The molecule has 0 aliphatic carbocycles. The zero-order valence-electron chi connectivity index (χ0n) is 16.3. The Bertz CT molecular complexity index is 270. The molecule has 0 bridgehead atoms. The summed E-state index contributed by atoms with van der Waals surface area (Å²) in [4.78, 5) is 10.4. The maximum atomic E-state index is 10.4. The molecule has 24 heavy (non-hydrogen) atoms. The van der Waals surface area contributed by atoms with Crippen LogP contribution in [0.5, 0.6) is 0 Å². The summed E-state index contributed by atoms with van der Waals surface area (Å²) in [5.41, 5.74) is 0. The van der Waals surface area contributed by atoms with Crippen LogP contribution < -0.4 is 0 Å². The molecular weight excluding hydrogens is 306 g/mol. The zero-order chi connectivity index (χ0) is 18.1. The molecule has 0 radical (unpaired) electrons. The third-order valence-corrected chi connectivity index (χ3v) is 4.24. The number of nitroso groups, excluding NO2 is 1. The van der Waals surface area contributed by atoms with Crippen molar-refractivity contribution in [1.82, 2.24) is 0 Å². The first kappa shape index (κ1) is 23.5. The van der Waals surface area contributed by atoms with Gasteiger partial charge < -0.3 is 14.2 Å². The van der Waals surface area contributed by atoms with Gasteiger partial charge in [-0.15, -0.1) is 0 Å². The molecule has 1 atom stereocenters. The third-order valence-electron chi connectivity index (χ3n) is 4.24. The summed E-state index contributed by atoms with van der Waals surface area (Å²) in [7, 11) is 0. The third kappa shape index (κ3) is 9.70. The van der Waals surface area contributed by atoms with Crippen LogP contribution in [0.3, 0.4) is 0 Å². The molecule has 0 fully saturated rings. The minimum Gasteiger partial charge on any atom is -0.328 e. The van der Waals surface area contributed by atoms with Gasteiger partial charge in [-0.05, 0) is 40.0 Å². The number of hydrogen-bond donors (Lipinski definition) is 0. The van der Waals surface area contributed by atoms with Crippen molar-refractivity contribution in [2.75, 3.05) is 26.4 Å². The Morgan fingerprint density at radius 3 is 1.75 bits per heavy atom. The quantitative estimate of drug-likeness (QED) is 0.183. The van der Waals surface area contributed by atoms with Gasteiger partial charge in [-0.3, -0.25) is 0 Å². The molecule has 0 rings (SSSR count). The summed E-state index contributed by atoms with van der Waals surface area (Å²) in [5, 5.41) is 2.99. The fourth-order valence-electron chi connectivity index (χ4n) is 3.15. The topological polar surface area (TPSA) is 57.1 Å². The number of unbranched alkanes of at least 4 members (excludes halogenated alkanes) is 5. The standard InChI is InChI=1S/C19H39NO4/c1-5-9-10-11-12-13-15-18(16-14-17-20-21)19(22-6-2,23-7-3)24-8-4/h18H,5-17H2,1-4H3/t18-/m1/s1. The van der Waals surface area contributed by atoms with Crippen LogP contribution in [-0.2, 0) is 14.2 Å². The number of nitrogens with zero attached hydrogens (tertiary/aromatic N) is 1. The van der Waals surface area contributed by atoms with Gasteiger partial charge in [0.1, 0.15) is 0 Å². The molecule has 0 aromatic rings. The molecule has 5 heteroatoms. The molecular formula is C19H39NO4. The average Bonchev–Trinajstić information content (AvgIpc) is 2.57. The summed E-state index contributed by atoms with van der Waals surface area (Å²) < 4.78 is 17.8. The summed E-state index contributed by atoms with van der Waals surface area (Å²) in [5.74, 6) is -0.852. The first-order valence-electron chi connectivity index (χ1n) is 9.91. The summed E-state index contributed by atoms with van der Waals surface area (Å²) in [6.45, 7) is 10.1. The number of ether oxygens (including phenoxy) is 3. The molecule has 0 aliphatic rings. The second kappa shape index (κ2) is 16.0. The molecule has 0 amide bonds. The van der Waals surface area contributed by atoms with E-state index in [1.165, 1.54) is 32.1 Å². The van der Waals surface area contributed by atoms with Crippen LogP contribution in [0.25, 0.3) is 0 Å². The summed E-state index contributed by atoms with van der Waals surface area (Å²) in [6.07, 6.45) is 10.1. The Balaban J connectivity index is 4.76. The van der Waals surface area contributed by atoms with Crippen LogP contribution in [0.2, 0.25) is 0 Å². The summed E-state index contributed by atoms with van der Waals surface area (Å²) >= 11 is 0. The summed E-state index contributed by atoms with van der Waals surface area (Å²) in [6, 6.07) is 0. The average molecular weight is 346 g/mol. The van der Waals surface area contributed by atoms with E-state index in [4.69, 9.17) is 14.2 Å². The molecule has 5 nitrogen and oxygen atoms in total. The molecule has 0 aromatic heterocycles. The maximum absolute atomic E-state index is 10.4. The van der Waals surface area contributed by atoms with Gasteiger partial charge in [0, 0.05) is 25.7 Å². The number of hydrogen-bond acceptors (Lipinski definition) is 5. The largest absolute Gasteiger partial charge is 0.328 e. The molecule has 0 spiro atoms. The lowest BCUT2D eigenvalue weighted by Crippen LogP contribution is -2.46. The van der Waals surface area contributed by atoms with E-state index in [1.807, 2.05) is 20.8 Å². The number of rotatable bonds is 18. The van der Waals surface area contributed by atoms with Gasteiger partial charge >= 0.3 is 0 Å². The van der Waals surface area contributed by atoms with Gasteiger partial charge in [0.05, 0.1) is 6.54 Å². The highest BCUT2D eigenvalue weighted by Crippen LogP contribution is 2.34. The predicted molar refractivity (Wildman–Crippen MR) is 99.0 cm³/mol. The van der Waals surface area contributed by atoms with Crippen LogP contribution in [0.15, 0.2) is 5.18 Å². The van der Waals surface area contributed by atoms with Crippen LogP contribution in [0.4, 0.5) is 0 Å². The Labute approximate surface area is 148 Å². The van der Waals surface area contributed by atoms with E-state index in [2.05, 4.69) is 12.1 Å². The lowest BCUT2D eigenvalue weighted by atomic mass is 9.92. The minimum absolute atomic E-state index is 0.130. The van der Waals surface area contributed by atoms with Crippen molar-refractivity contribution < 1.29 is 14.2 Å². The maximum Gasteiger partial charge on any atom is 0.285 e. The SMILES string of the molecule is CCCCCCCC[C@H](CCCN=O)C(OCC)(OCC)OCC. The van der Waals surface area contributed by atoms with Crippen LogP contribution in [0, 0.1) is 10.8 Å². The van der Waals surface area contributed by atoms with Gasteiger partial charge in [0.15, 0.2) is 0 Å². The molecule has 0 aliphatic heterocycles. The molecule has 0 saturated carbocycles. The van der Waals surface area contributed by atoms with Gasteiger partial charge in [-0.2, -0.15) is 4.91 Å². The monoisotopic (exact) mass is 345 g/mol. The van der Waals surface area contributed by atoms with Crippen molar-refractivity contribution in [3.05, 3.63) is 4.91 Å². The molecule has 0 unspecified atom stereocenters.